The molecule has 1 aliphatic rings. The maximum Gasteiger partial charge on any atom is 0.420 e. The second-order valence-corrected chi connectivity index (χ2v) is 11.1. The van der Waals surface area contributed by atoms with Gasteiger partial charge in [-0.1, -0.05) is 48.9 Å². The molecule has 196 valence electrons. The summed E-state index contributed by atoms with van der Waals surface area (Å²) in [6, 6.07) is 10.8. The highest BCUT2D eigenvalue weighted by Crippen LogP contribution is 2.39. The van der Waals surface area contributed by atoms with Crippen LogP contribution in [0.4, 0.5) is 9.59 Å². The van der Waals surface area contributed by atoms with Crippen molar-refractivity contribution in [3.8, 4) is 0 Å². The number of nitrogens with zero attached hydrogens (tertiary/aromatic N) is 2. The van der Waals surface area contributed by atoms with E-state index in [0.29, 0.717) is 24.2 Å². The van der Waals surface area contributed by atoms with Crippen molar-refractivity contribution in [1.29, 1.82) is 0 Å². The maximum absolute atomic E-state index is 12.7. The summed E-state index contributed by atoms with van der Waals surface area (Å²) >= 11 is 0. The molecule has 1 aliphatic carbocycles. The van der Waals surface area contributed by atoms with Crippen molar-refractivity contribution >= 4 is 18.3 Å². The van der Waals surface area contributed by atoms with Gasteiger partial charge in [-0.25, -0.2) is 19.5 Å². The van der Waals surface area contributed by atoms with E-state index in [4.69, 9.17) is 13.9 Å². The molecule has 1 unspecified atom stereocenters. The number of aromatic nitrogens is 1. The zero-order chi connectivity index (χ0) is 26.5. The van der Waals surface area contributed by atoms with E-state index in [9.17, 15) is 9.59 Å². The third kappa shape index (κ3) is 8.52. The highest BCUT2D eigenvalue weighted by Gasteiger charge is 2.39. The fraction of sp³-hybridized carbons (Fsp3) is 0.536. The van der Waals surface area contributed by atoms with Crippen molar-refractivity contribution in [1.82, 2.24) is 15.2 Å². The summed E-state index contributed by atoms with van der Waals surface area (Å²) in [6.07, 6.45) is 4.30. The lowest BCUT2D eigenvalue weighted by Crippen LogP contribution is -2.43. The molecular formula is C28H39N3O5. The van der Waals surface area contributed by atoms with Gasteiger partial charge in [0.05, 0.1) is 5.69 Å². The molecule has 1 aromatic carbocycles. The molecule has 2 amide bonds. The van der Waals surface area contributed by atoms with Crippen LogP contribution in [0.3, 0.4) is 0 Å². The molecule has 0 spiro atoms. The largest absolute Gasteiger partial charge is 0.447 e. The Balaban J connectivity index is 1.59. The Kier molecular flexibility index (Phi) is 8.61. The van der Waals surface area contributed by atoms with E-state index in [1.807, 2.05) is 6.07 Å². The number of carbonyl (C=O) groups is 2. The molecule has 8 heteroatoms. The van der Waals surface area contributed by atoms with Crippen LogP contribution in [0.5, 0.6) is 0 Å². The molecule has 1 N–H and O–H groups in total. The molecule has 1 fully saturated rings. The van der Waals surface area contributed by atoms with Crippen molar-refractivity contribution in [3.63, 3.8) is 0 Å². The number of nitrogens with one attached hydrogen (secondary N) is 1. The van der Waals surface area contributed by atoms with E-state index in [0.717, 1.165) is 17.7 Å². The number of benzene rings is 1. The van der Waals surface area contributed by atoms with Crippen LogP contribution in [0.25, 0.3) is 6.08 Å². The average Bonchev–Trinajstić information content (AvgIpc) is 3.40. The Hall–Kier alpha value is -3.13. The van der Waals surface area contributed by atoms with E-state index in [2.05, 4.69) is 47.6 Å². The predicted octanol–water partition coefficient (Wildman–Crippen LogP) is 6.32. The zero-order valence-electron chi connectivity index (χ0n) is 22.5. The van der Waals surface area contributed by atoms with Gasteiger partial charge in [0.15, 0.2) is 0 Å². The lowest BCUT2D eigenvalue weighted by molar-refractivity contribution is -0.00176. The van der Waals surface area contributed by atoms with Gasteiger partial charge < -0.3 is 19.2 Å². The summed E-state index contributed by atoms with van der Waals surface area (Å²) in [6.45, 7) is 12.9. The van der Waals surface area contributed by atoms with E-state index >= 15 is 0 Å². The fourth-order valence-corrected chi connectivity index (χ4v) is 3.78. The zero-order valence-corrected chi connectivity index (χ0v) is 22.5. The Morgan fingerprint density at radius 1 is 1.08 bits per heavy atom. The highest BCUT2D eigenvalue weighted by molar-refractivity contribution is 5.88. The second-order valence-electron chi connectivity index (χ2n) is 11.1. The molecule has 1 aromatic heterocycles. The first-order chi connectivity index (χ1) is 16.8. The molecular weight excluding hydrogens is 458 g/mol. The van der Waals surface area contributed by atoms with Crippen molar-refractivity contribution in [3.05, 3.63) is 59.3 Å². The molecule has 2 atom stereocenters. The number of rotatable bonds is 8. The standard InChI is InChI=1S/C28H39N3O5/c1-8-20(14-19-12-10-9-11-13-19)22-15-23(22)29-16-21-18-34-24(30-21)17-31(25(32)35-27(2,3)4)26(33)36-28(5,6)7/h9-14,18,22-23,29H,8,15-17H2,1-7H3/t22?,23-/m0/s1. The number of amides is 2. The van der Waals surface area contributed by atoms with Crippen molar-refractivity contribution in [2.24, 2.45) is 5.92 Å². The fourth-order valence-electron chi connectivity index (χ4n) is 3.78. The second kappa shape index (κ2) is 11.3. The monoisotopic (exact) mass is 497 g/mol. The molecule has 0 bridgehead atoms. The summed E-state index contributed by atoms with van der Waals surface area (Å²) in [5.74, 6) is 0.741. The van der Waals surface area contributed by atoms with E-state index in [-0.39, 0.29) is 12.4 Å². The van der Waals surface area contributed by atoms with Crippen LogP contribution >= 0.6 is 0 Å². The number of imide groups is 1. The molecule has 36 heavy (non-hydrogen) atoms. The smallest absolute Gasteiger partial charge is 0.420 e. The Morgan fingerprint density at radius 2 is 1.69 bits per heavy atom. The first-order valence-electron chi connectivity index (χ1n) is 12.5. The van der Waals surface area contributed by atoms with Crippen LogP contribution in [0.15, 0.2) is 46.6 Å². The van der Waals surface area contributed by atoms with Crippen LogP contribution in [0.1, 0.15) is 78.5 Å². The molecule has 8 nitrogen and oxygen atoms in total. The van der Waals surface area contributed by atoms with Crippen molar-refractivity contribution in [2.75, 3.05) is 0 Å². The number of hydrogen-bond donors (Lipinski definition) is 1. The number of hydrogen-bond acceptors (Lipinski definition) is 7. The van der Waals surface area contributed by atoms with Gasteiger partial charge in [-0.3, -0.25) is 0 Å². The van der Waals surface area contributed by atoms with Gasteiger partial charge in [0.2, 0.25) is 5.89 Å². The highest BCUT2D eigenvalue weighted by atomic mass is 16.6. The van der Waals surface area contributed by atoms with Crippen LogP contribution in [0, 0.1) is 5.92 Å². The average molecular weight is 498 g/mol. The topological polar surface area (TPSA) is 93.9 Å². The van der Waals surface area contributed by atoms with Gasteiger partial charge in [-0.05, 0) is 65.9 Å². The van der Waals surface area contributed by atoms with Crippen molar-refractivity contribution < 1.29 is 23.5 Å². The summed E-state index contributed by atoms with van der Waals surface area (Å²) in [7, 11) is 0. The molecule has 2 aromatic rings. The van der Waals surface area contributed by atoms with Gasteiger partial charge >= 0.3 is 12.2 Å². The normalized spacial score (nSPS) is 18.0. The molecule has 1 heterocycles. The summed E-state index contributed by atoms with van der Waals surface area (Å²) in [5, 5.41) is 3.54. The van der Waals surface area contributed by atoms with Gasteiger partial charge in [-0.2, -0.15) is 0 Å². The summed E-state index contributed by atoms with van der Waals surface area (Å²) < 4.78 is 16.3. The number of carbonyl (C=O) groups excluding carboxylic acids is 2. The molecule has 0 radical (unpaired) electrons. The third-order valence-electron chi connectivity index (χ3n) is 5.49. The third-order valence-corrected chi connectivity index (χ3v) is 5.49. The van der Waals surface area contributed by atoms with Crippen LogP contribution in [-0.2, 0) is 22.6 Å². The molecule has 0 saturated heterocycles. The van der Waals surface area contributed by atoms with E-state index in [1.54, 1.807) is 47.8 Å². The number of oxazole rings is 1. The molecule has 0 aliphatic heterocycles. The quantitative estimate of drug-likeness (QED) is 0.456. The first-order valence-corrected chi connectivity index (χ1v) is 12.5. The Morgan fingerprint density at radius 3 is 2.25 bits per heavy atom. The maximum atomic E-state index is 12.7. The van der Waals surface area contributed by atoms with Crippen LogP contribution < -0.4 is 5.32 Å². The van der Waals surface area contributed by atoms with Crippen LogP contribution in [0.2, 0.25) is 0 Å². The molecule has 1 saturated carbocycles. The minimum atomic E-state index is -0.812. The van der Waals surface area contributed by atoms with E-state index < -0.39 is 23.4 Å². The van der Waals surface area contributed by atoms with Crippen LogP contribution in [-0.4, -0.2) is 39.3 Å². The minimum absolute atomic E-state index is 0.185. The van der Waals surface area contributed by atoms with Gasteiger partial charge in [-0.15, -0.1) is 0 Å². The minimum Gasteiger partial charge on any atom is -0.447 e. The lowest BCUT2D eigenvalue weighted by atomic mass is 10.0. The first kappa shape index (κ1) is 27.5. The van der Waals surface area contributed by atoms with Gasteiger partial charge in [0, 0.05) is 12.6 Å². The van der Waals surface area contributed by atoms with E-state index in [1.165, 1.54) is 11.1 Å². The van der Waals surface area contributed by atoms with Crippen molar-refractivity contribution in [2.45, 2.75) is 91.6 Å². The number of ether oxygens (including phenoxy) is 2. The predicted molar refractivity (Wildman–Crippen MR) is 138 cm³/mol. The summed E-state index contributed by atoms with van der Waals surface area (Å²) in [4.78, 5) is 30.7. The SMILES string of the molecule is CCC(=Cc1ccccc1)C1C[C@@H]1NCc1coc(CN(C(=O)OC(C)(C)C)C(=O)OC(C)(C)C)n1. The van der Waals surface area contributed by atoms with Gasteiger partial charge in [0.25, 0.3) is 0 Å². The molecule has 3 rings (SSSR count). The lowest BCUT2D eigenvalue weighted by Gasteiger charge is -2.27. The Bertz CT molecular complexity index is 1030. The van der Waals surface area contributed by atoms with Gasteiger partial charge in [0.1, 0.15) is 24.0 Å². The summed E-state index contributed by atoms with van der Waals surface area (Å²) in [5.41, 5.74) is 1.83. The Labute approximate surface area is 214 Å².